The number of piperidine rings is 1. The highest BCUT2D eigenvalue weighted by Crippen LogP contribution is 2.24. The van der Waals surface area contributed by atoms with E-state index in [-0.39, 0.29) is 11.6 Å². The van der Waals surface area contributed by atoms with Crippen molar-refractivity contribution < 1.29 is 0 Å². The summed E-state index contributed by atoms with van der Waals surface area (Å²) < 4.78 is 1.57. The average Bonchev–Trinajstić information content (AvgIpc) is 2.65. The number of rotatable bonds is 3. The molecule has 26 heavy (non-hydrogen) atoms. The Balaban J connectivity index is 1.59. The lowest BCUT2D eigenvalue weighted by atomic mass is 10.1. The summed E-state index contributed by atoms with van der Waals surface area (Å²) in [4.78, 5) is 27.6. The monoisotopic (exact) mass is 350 g/mol. The standard InChI is InChI=1S/C19H22N6O/c1-13-5-3-7-15-16(13)21-12-22-17(15)23-14-6-4-9-25(11-14)18-19(26)24(2)10-8-20-18/h3,5,7-8,10,12,14H,4,6,9,11H2,1-2H3,(H,21,22,23)/t14-/m0/s1. The molecule has 1 N–H and O–H groups in total. The first kappa shape index (κ1) is 16.5. The van der Waals surface area contributed by atoms with Crippen LogP contribution in [0.1, 0.15) is 18.4 Å². The molecule has 3 heterocycles. The molecule has 7 heteroatoms. The first-order valence-electron chi connectivity index (χ1n) is 8.87. The van der Waals surface area contributed by atoms with Crippen LogP contribution in [0.3, 0.4) is 0 Å². The van der Waals surface area contributed by atoms with Crippen molar-refractivity contribution >= 4 is 22.5 Å². The molecule has 3 aromatic rings. The Labute approximate surface area is 151 Å². The number of aryl methyl sites for hydroxylation is 2. The molecule has 0 spiro atoms. The number of nitrogens with zero attached hydrogens (tertiary/aromatic N) is 5. The molecule has 134 valence electrons. The number of anilines is 2. The number of hydrogen-bond acceptors (Lipinski definition) is 6. The van der Waals surface area contributed by atoms with Crippen LogP contribution < -0.4 is 15.8 Å². The SMILES string of the molecule is Cc1cccc2c(N[C@H]3CCCN(c4nccn(C)c4=O)C3)ncnc12. The van der Waals surface area contributed by atoms with E-state index in [2.05, 4.69) is 38.2 Å². The minimum absolute atomic E-state index is 0.0590. The quantitative estimate of drug-likeness (QED) is 0.780. The average molecular weight is 350 g/mol. The molecule has 2 aromatic heterocycles. The van der Waals surface area contributed by atoms with Crippen molar-refractivity contribution in [1.82, 2.24) is 19.5 Å². The van der Waals surface area contributed by atoms with Gasteiger partial charge in [0.25, 0.3) is 5.56 Å². The van der Waals surface area contributed by atoms with Crippen LogP contribution in [0.4, 0.5) is 11.6 Å². The highest BCUT2D eigenvalue weighted by Gasteiger charge is 2.23. The second-order valence-electron chi connectivity index (χ2n) is 6.79. The zero-order valence-corrected chi connectivity index (χ0v) is 15.0. The van der Waals surface area contributed by atoms with Gasteiger partial charge in [0.1, 0.15) is 12.1 Å². The summed E-state index contributed by atoms with van der Waals surface area (Å²) in [6.07, 6.45) is 6.99. The second kappa shape index (κ2) is 6.74. The predicted molar refractivity (Wildman–Crippen MR) is 103 cm³/mol. The summed E-state index contributed by atoms with van der Waals surface area (Å²) in [6, 6.07) is 6.32. The van der Waals surface area contributed by atoms with Crippen LogP contribution >= 0.6 is 0 Å². The van der Waals surface area contributed by atoms with Crippen LogP contribution in [-0.4, -0.2) is 38.7 Å². The van der Waals surface area contributed by atoms with E-state index < -0.39 is 0 Å². The molecule has 0 aliphatic carbocycles. The minimum atomic E-state index is -0.0590. The normalized spacial score (nSPS) is 17.5. The van der Waals surface area contributed by atoms with Gasteiger partial charge in [0.15, 0.2) is 5.82 Å². The number of nitrogens with one attached hydrogen (secondary N) is 1. The maximum atomic E-state index is 12.4. The number of benzene rings is 1. The maximum absolute atomic E-state index is 12.4. The van der Waals surface area contributed by atoms with E-state index in [9.17, 15) is 4.79 Å². The van der Waals surface area contributed by atoms with Crippen molar-refractivity contribution in [3.8, 4) is 0 Å². The molecule has 1 saturated heterocycles. The van der Waals surface area contributed by atoms with Gasteiger partial charge in [-0.3, -0.25) is 4.79 Å². The fourth-order valence-corrected chi connectivity index (χ4v) is 3.53. The molecule has 1 atom stereocenters. The van der Waals surface area contributed by atoms with Gasteiger partial charge in [0, 0.05) is 44.0 Å². The van der Waals surface area contributed by atoms with Crippen LogP contribution in [0.2, 0.25) is 0 Å². The number of aromatic nitrogens is 4. The van der Waals surface area contributed by atoms with E-state index >= 15 is 0 Å². The fourth-order valence-electron chi connectivity index (χ4n) is 3.53. The van der Waals surface area contributed by atoms with Crippen molar-refractivity contribution in [2.24, 2.45) is 7.05 Å². The lowest BCUT2D eigenvalue weighted by Crippen LogP contribution is -2.45. The topological polar surface area (TPSA) is 75.9 Å². The van der Waals surface area contributed by atoms with E-state index in [0.29, 0.717) is 5.82 Å². The molecule has 0 bridgehead atoms. The Morgan fingerprint density at radius 1 is 1.23 bits per heavy atom. The Bertz CT molecular complexity index is 999. The Kier molecular flexibility index (Phi) is 4.28. The number of hydrogen-bond donors (Lipinski definition) is 1. The third-order valence-corrected chi connectivity index (χ3v) is 4.93. The lowest BCUT2D eigenvalue weighted by molar-refractivity contribution is 0.523. The summed E-state index contributed by atoms with van der Waals surface area (Å²) in [5.41, 5.74) is 2.04. The van der Waals surface area contributed by atoms with Crippen LogP contribution in [0.15, 0.2) is 41.7 Å². The summed E-state index contributed by atoms with van der Waals surface area (Å²) in [5.74, 6) is 1.37. The van der Waals surface area contributed by atoms with Crippen LogP contribution in [-0.2, 0) is 7.05 Å². The van der Waals surface area contributed by atoms with Gasteiger partial charge >= 0.3 is 0 Å². The molecule has 0 saturated carbocycles. The second-order valence-corrected chi connectivity index (χ2v) is 6.79. The molecular weight excluding hydrogens is 328 g/mol. The molecule has 1 fully saturated rings. The van der Waals surface area contributed by atoms with Crippen molar-refractivity contribution in [3.63, 3.8) is 0 Å². The zero-order valence-electron chi connectivity index (χ0n) is 15.0. The third kappa shape index (κ3) is 3.00. The van der Waals surface area contributed by atoms with Crippen molar-refractivity contribution in [2.75, 3.05) is 23.3 Å². The number of fused-ring (bicyclic) bond motifs is 1. The van der Waals surface area contributed by atoms with Gasteiger partial charge in [-0.25, -0.2) is 15.0 Å². The molecule has 1 aliphatic rings. The molecule has 1 aliphatic heterocycles. The Hall–Kier alpha value is -2.96. The lowest BCUT2D eigenvalue weighted by Gasteiger charge is -2.34. The van der Waals surface area contributed by atoms with Gasteiger partial charge in [-0.2, -0.15) is 0 Å². The predicted octanol–water partition coefficient (Wildman–Crippen LogP) is 2.11. The first-order valence-corrected chi connectivity index (χ1v) is 8.87. The van der Waals surface area contributed by atoms with Crippen molar-refractivity contribution in [2.45, 2.75) is 25.8 Å². The maximum Gasteiger partial charge on any atom is 0.293 e. The molecule has 4 rings (SSSR count). The highest BCUT2D eigenvalue weighted by molar-refractivity contribution is 5.90. The van der Waals surface area contributed by atoms with Crippen LogP contribution in [0, 0.1) is 6.92 Å². The summed E-state index contributed by atoms with van der Waals surface area (Å²) >= 11 is 0. The Morgan fingerprint density at radius 2 is 2.12 bits per heavy atom. The minimum Gasteiger partial charge on any atom is -0.365 e. The Morgan fingerprint density at radius 3 is 3.00 bits per heavy atom. The van der Waals surface area contributed by atoms with E-state index in [1.54, 1.807) is 30.3 Å². The molecule has 0 unspecified atom stereocenters. The largest absolute Gasteiger partial charge is 0.365 e. The number of para-hydroxylation sites is 1. The highest BCUT2D eigenvalue weighted by atomic mass is 16.1. The summed E-state index contributed by atoms with van der Waals surface area (Å²) in [6.45, 7) is 3.62. The van der Waals surface area contributed by atoms with Crippen molar-refractivity contribution in [3.05, 3.63) is 52.8 Å². The van der Waals surface area contributed by atoms with Crippen LogP contribution in [0.5, 0.6) is 0 Å². The van der Waals surface area contributed by atoms with E-state index in [0.717, 1.165) is 48.2 Å². The van der Waals surface area contributed by atoms with Gasteiger partial charge in [-0.05, 0) is 31.4 Å². The summed E-state index contributed by atoms with van der Waals surface area (Å²) in [7, 11) is 1.75. The zero-order chi connectivity index (χ0) is 18.1. The molecule has 0 amide bonds. The van der Waals surface area contributed by atoms with E-state index in [1.165, 1.54) is 0 Å². The first-order chi connectivity index (χ1) is 12.6. The van der Waals surface area contributed by atoms with E-state index in [4.69, 9.17) is 0 Å². The molecule has 0 radical (unpaired) electrons. The van der Waals surface area contributed by atoms with Crippen molar-refractivity contribution in [1.29, 1.82) is 0 Å². The fraction of sp³-hybridized carbons (Fsp3) is 0.368. The molecule has 7 nitrogen and oxygen atoms in total. The van der Waals surface area contributed by atoms with Crippen LogP contribution in [0.25, 0.3) is 10.9 Å². The molecular formula is C19H22N6O. The van der Waals surface area contributed by atoms with Gasteiger partial charge in [-0.15, -0.1) is 0 Å². The van der Waals surface area contributed by atoms with Gasteiger partial charge in [0.05, 0.1) is 5.52 Å². The molecule has 1 aromatic carbocycles. The van der Waals surface area contributed by atoms with Gasteiger partial charge in [-0.1, -0.05) is 12.1 Å². The van der Waals surface area contributed by atoms with E-state index in [1.807, 2.05) is 12.1 Å². The van der Waals surface area contributed by atoms with Gasteiger partial charge in [0.2, 0.25) is 0 Å². The summed E-state index contributed by atoms with van der Waals surface area (Å²) in [5, 5.41) is 4.58. The smallest absolute Gasteiger partial charge is 0.293 e. The third-order valence-electron chi connectivity index (χ3n) is 4.93. The van der Waals surface area contributed by atoms with Gasteiger partial charge < -0.3 is 14.8 Å².